The van der Waals surface area contributed by atoms with Crippen molar-refractivity contribution in [3.63, 3.8) is 0 Å². The monoisotopic (exact) mass is 432 g/mol. The highest BCUT2D eigenvalue weighted by Crippen LogP contribution is 2.44. The van der Waals surface area contributed by atoms with Crippen molar-refractivity contribution in [2.75, 3.05) is 6.54 Å². The third-order valence-electron chi connectivity index (χ3n) is 7.84. The number of benzene rings is 2. The first-order chi connectivity index (χ1) is 15.2. The quantitative estimate of drug-likeness (QED) is 0.433. The van der Waals surface area contributed by atoms with E-state index in [1.807, 2.05) is 24.3 Å². The van der Waals surface area contributed by atoms with Gasteiger partial charge >= 0.3 is 0 Å². The van der Waals surface area contributed by atoms with Crippen molar-refractivity contribution in [3.8, 4) is 0 Å². The number of nitrogens with zero attached hydrogens (tertiary/aromatic N) is 2. The number of carbonyl (C=O) groups excluding carboxylic acids is 1. The van der Waals surface area contributed by atoms with Crippen LogP contribution in [0.1, 0.15) is 84.1 Å². The zero-order valence-corrected chi connectivity index (χ0v) is 18.7. The summed E-state index contributed by atoms with van der Waals surface area (Å²) in [5.41, 5.74) is 6.38. The molecule has 1 amide bonds. The van der Waals surface area contributed by atoms with Gasteiger partial charge in [-0.2, -0.15) is 0 Å². The van der Waals surface area contributed by atoms with E-state index in [9.17, 15) is 4.79 Å². The summed E-state index contributed by atoms with van der Waals surface area (Å²) in [4.78, 5) is 15.5. The van der Waals surface area contributed by atoms with Gasteiger partial charge in [0.25, 0.3) is 5.91 Å². The van der Waals surface area contributed by atoms with E-state index in [2.05, 4.69) is 27.7 Å². The summed E-state index contributed by atoms with van der Waals surface area (Å²) in [6.07, 6.45) is 10.1. The van der Waals surface area contributed by atoms with Crippen LogP contribution in [0.15, 0.2) is 42.5 Å². The molecule has 2 aromatic carbocycles. The lowest BCUT2D eigenvalue weighted by Crippen LogP contribution is -2.43. The summed E-state index contributed by atoms with van der Waals surface area (Å²) >= 11 is 6.38. The van der Waals surface area contributed by atoms with Gasteiger partial charge in [-0.1, -0.05) is 49.1 Å². The Labute approximate surface area is 189 Å². The summed E-state index contributed by atoms with van der Waals surface area (Å²) in [5.74, 6) is 0.794. The Balaban J connectivity index is 1.42. The van der Waals surface area contributed by atoms with E-state index in [4.69, 9.17) is 11.6 Å². The number of halogens is 1. The number of hydrogen-bond donors (Lipinski definition) is 0. The zero-order valence-electron chi connectivity index (χ0n) is 17.9. The molecule has 3 nitrogen and oxygen atoms in total. The van der Waals surface area contributed by atoms with Gasteiger partial charge in [0, 0.05) is 29.7 Å². The Hall–Kier alpha value is -2.26. The van der Waals surface area contributed by atoms with E-state index in [0.717, 1.165) is 38.3 Å². The second kappa shape index (κ2) is 7.70. The lowest BCUT2D eigenvalue weighted by Gasteiger charge is -2.40. The van der Waals surface area contributed by atoms with Gasteiger partial charge in [-0.25, -0.2) is 0 Å². The van der Waals surface area contributed by atoms with Gasteiger partial charge in [0.05, 0.1) is 16.6 Å². The first-order valence-electron chi connectivity index (χ1n) is 11.9. The number of carbonyl (C=O) groups is 1. The van der Waals surface area contributed by atoms with Crippen molar-refractivity contribution >= 4 is 28.4 Å². The number of aryl methyl sites for hydroxylation is 1. The van der Waals surface area contributed by atoms with E-state index in [1.54, 1.807) is 0 Å². The largest absolute Gasteiger partial charge is 0.341 e. The van der Waals surface area contributed by atoms with Crippen LogP contribution in [0.2, 0.25) is 5.02 Å². The third-order valence-corrected chi connectivity index (χ3v) is 8.17. The number of amides is 1. The summed E-state index contributed by atoms with van der Waals surface area (Å²) in [6, 6.07) is 14.9. The Morgan fingerprint density at radius 2 is 1.77 bits per heavy atom. The molecule has 1 aliphatic heterocycles. The van der Waals surface area contributed by atoms with Crippen LogP contribution in [0, 0.1) is 0 Å². The standard InChI is InChI=1S/C27H29ClN2O/c28-23-11-5-4-9-21(23)27(31)30-16-15-29-24-14-13-19(18-7-2-1-3-8-18)17-22(24)20-10-6-12-25(30)26(20)29/h4-5,9,11,13-14,17-18,25H,1-3,6-8,10,12,15-16H2/t25-/m0/s1. The molecule has 0 unspecified atom stereocenters. The fourth-order valence-corrected chi connectivity index (χ4v) is 6.56. The molecule has 160 valence electrons. The van der Waals surface area contributed by atoms with Gasteiger partial charge < -0.3 is 9.47 Å². The SMILES string of the molecule is O=C(c1ccccc1Cl)N1CCn2c3c(c4cc(C5CCCCC5)ccc42)CCC[C@@H]31. The van der Waals surface area contributed by atoms with E-state index in [0.29, 0.717) is 10.6 Å². The molecular weight excluding hydrogens is 404 g/mol. The minimum absolute atomic E-state index is 0.0721. The van der Waals surface area contributed by atoms with E-state index in [-0.39, 0.29) is 11.9 Å². The van der Waals surface area contributed by atoms with Crippen molar-refractivity contribution in [2.24, 2.45) is 0 Å². The molecule has 4 heteroatoms. The fraction of sp³-hybridized carbons (Fsp3) is 0.444. The van der Waals surface area contributed by atoms with Gasteiger partial charge in [-0.15, -0.1) is 0 Å². The molecule has 2 aliphatic carbocycles. The Kier molecular flexibility index (Phi) is 4.83. The minimum Gasteiger partial charge on any atom is -0.341 e. The van der Waals surface area contributed by atoms with Gasteiger partial charge in [0.15, 0.2) is 0 Å². The van der Waals surface area contributed by atoms with Crippen molar-refractivity contribution in [1.29, 1.82) is 0 Å². The Bertz CT molecular complexity index is 1160. The molecule has 1 saturated carbocycles. The second-order valence-corrected chi connectivity index (χ2v) is 9.92. The Morgan fingerprint density at radius 1 is 0.935 bits per heavy atom. The predicted octanol–water partition coefficient (Wildman–Crippen LogP) is 6.88. The fourth-order valence-electron chi connectivity index (χ4n) is 6.34. The van der Waals surface area contributed by atoms with Crippen LogP contribution in [0.4, 0.5) is 0 Å². The van der Waals surface area contributed by atoms with Crippen LogP contribution in [0.5, 0.6) is 0 Å². The van der Waals surface area contributed by atoms with E-state index >= 15 is 0 Å². The molecule has 1 aromatic heterocycles. The van der Waals surface area contributed by atoms with Crippen molar-refractivity contribution < 1.29 is 4.79 Å². The molecule has 2 heterocycles. The van der Waals surface area contributed by atoms with Crippen LogP contribution in [-0.4, -0.2) is 21.9 Å². The summed E-state index contributed by atoms with van der Waals surface area (Å²) < 4.78 is 2.51. The lowest BCUT2D eigenvalue weighted by atomic mass is 9.83. The zero-order chi connectivity index (χ0) is 20.9. The Morgan fingerprint density at radius 3 is 2.61 bits per heavy atom. The van der Waals surface area contributed by atoms with Crippen LogP contribution in [0.3, 0.4) is 0 Å². The van der Waals surface area contributed by atoms with E-state index < -0.39 is 0 Å². The highest BCUT2D eigenvalue weighted by atomic mass is 35.5. The molecular formula is C27H29ClN2O. The molecule has 1 atom stereocenters. The predicted molar refractivity (Wildman–Crippen MR) is 126 cm³/mol. The van der Waals surface area contributed by atoms with Crippen molar-refractivity contribution in [3.05, 3.63) is 69.9 Å². The number of rotatable bonds is 2. The molecule has 0 bridgehead atoms. The molecule has 6 rings (SSSR count). The van der Waals surface area contributed by atoms with Gasteiger partial charge in [-0.3, -0.25) is 4.79 Å². The maximum Gasteiger partial charge on any atom is 0.255 e. The second-order valence-electron chi connectivity index (χ2n) is 9.51. The molecule has 0 radical (unpaired) electrons. The topological polar surface area (TPSA) is 25.2 Å². The van der Waals surface area contributed by atoms with Gasteiger partial charge in [-0.05, 0) is 73.4 Å². The molecule has 1 fully saturated rings. The molecule has 3 aromatic rings. The average molecular weight is 433 g/mol. The third kappa shape index (κ3) is 3.12. The maximum absolute atomic E-state index is 13.4. The van der Waals surface area contributed by atoms with Crippen LogP contribution in [0.25, 0.3) is 10.9 Å². The highest BCUT2D eigenvalue weighted by molar-refractivity contribution is 6.33. The average Bonchev–Trinajstić information content (AvgIpc) is 3.15. The smallest absolute Gasteiger partial charge is 0.255 e. The van der Waals surface area contributed by atoms with Crippen molar-refractivity contribution in [2.45, 2.75) is 69.9 Å². The molecule has 31 heavy (non-hydrogen) atoms. The minimum atomic E-state index is 0.0721. The van der Waals surface area contributed by atoms with Crippen LogP contribution in [-0.2, 0) is 13.0 Å². The first kappa shape index (κ1) is 19.4. The summed E-state index contributed by atoms with van der Waals surface area (Å²) in [7, 11) is 0. The molecule has 0 N–H and O–H groups in total. The highest BCUT2D eigenvalue weighted by Gasteiger charge is 2.37. The van der Waals surface area contributed by atoms with Gasteiger partial charge in [0.1, 0.15) is 0 Å². The first-order valence-corrected chi connectivity index (χ1v) is 12.3. The number of hydrogen-bond acceptors (Lipinski definition) is 1. The maximum atomic E-state index is 13.4. The van der Waals surface area contributed by atoms with Crippen molar-refractivity contribution in [1.82, 2.24) is 9.47 Å². The van der Waals surface area contributed by atoms with Gasteiger partial charge in [0.2, 0.25) is 0 Å². The molecule has 0 saturated heterocycles. The summed E-state index contributed by atoms with van der Waals surface area (Å²) in [6.45, 7) is 1.61. The number of aromatic nitrogens is 1. The van der Waals surface area contributed by atoms with Crippen LogP contribution >= 0.6 is 11.6 Å². The lowest BCUT2D eigenvalue weighted by molar-refractivity contribution is 0.0601. The molecule has 3 aliphatic rings. The molecule has 0 spiro atoms. The van der Waals surface area contributed by atoms with E-state index in [1.165, 1.54) is 59.8 Å². The normalized spacial score (nSPS) is 21.3. The van der Waals surface area contributed by atoms with Crippen LogP contribution < -0.4 is 0 Å². The summed E-state index contributed by atoms with van der Waals surface area (Å²) in [5, 5.41) is 1.99. The number of fused-ring (bicyclic) bond motifs is 3.